The number of pyridine rings is 1. The first-order valence-corrected chi connectivity index (χ1v) is 9.22. The van der Waals surface area contributed by atoms with Gasteiger partial charge in [0.25, 0.3) is 5.91 Å². The number of benzene rings is 1. The molecule has 144 valence electrons. The highest BCUT2D eigenvalue weighted by molar-refractivity contribution is 7.99. The topological polar surface area (TPSA) is 60.5 Å². The van der Waals surface area contributed by atoms with Crippen molar-refractivity contribution < 1.29 is 27.4 Å². The normalized spacial score (nSPS) is 16.1. The van der Waals surface area contributed by atoms with Crippen molar-refractivity contribution in [3.63, 3.8) is 0 Å². The Balaban J connectivity index is 1.46. The maximum absolute atomic E-state index is 12.6. The minimum Gasteiger partial charge on any atom is -0.485 e. The fourth-order valence-corrected chi connectivity index (χ4v) is 3.32. The Bertz CT molecular complexity index is 835. The first-order chi connectivity index (χ1) is 12.8. The first kappa shape index (κ1) is 19.6. The van der Waals surface area contributed by atoms with Crippen LogP contribution < -0.4 is 14.8 Å². The van der Waals surface area contributed by atoms with Gasteiger partial charge in [-0.1, -0.05) is 23.7 Å². The maximum Gasteiger partial charge on any atom is 0.417 e. The van der Waals surface area contributed by atoms with E-state index in [-0.39, 0.29) is 29.1 Å². The lowest BCUT2D eigenvalue weighted by molar-refractivity contribution is -0.138. The van der Waals surface area contributed by atoms with Crippen molar-refractivity contribution in [1.82, 2.24) is 10.3 Å². The highest BCUT2D eigenvalue weighted by atomic mass is 35.5. The number of hydrogen-bond acceptors (Lipinski definition) is 5. The molecule has 1 aromatic heterocycles. The van der Waals surface area contributed by atoms with Gasteiger partial charge in [-0.3, -0.25) is 4.79 Å². The summed E-state index contributed by atoms with van der Waals surface area (Å²) in [6.45, 7) is 0.367. The van der Waals surface area contributed by atoms with Gasteiger partial charge in [0.05, 0.1) is 10.6 Å². The Hall–Kier alpha value is -2.13. The molecule has 0 aliphatic carbocycles. The van der Waals surface area contributed by atoms with Crippen LogP contribution in [-0.4, -0.2) is 35.9 Å². The van der Waals surface area contributed by atoms with Crippen LogP contribution in [0, 0.1) is 0 Å². The number of hydrogen-bond donors (Lipinski definition) is 1. The zero-order valence-electron chi connectivity index (χ0n) is 13.8. The standard InChI is InChI=1S/C17H14ClF3N2O3S/c18-11-7-10(17(19,20)21)8-23-16(11)27-6-5-22-15(24)14-9-25-12-3-1-2-4-13(12)26-14/h1-4,7-8,14H,5-6,9H2,(H,22,24). The third-order valence-electron chi connectivity index (χ3n) is 3.58. The molecule has 27 heavy (non-hydrogen) atoms. The van der Waals surface area contributed by atoms with Crippen molar-refractivity contribution in [3.05, 3.63) is 47.1 Å². The van der Waals surface area contributed by atoms with Crippen LogP contribution in [0.2, 0.25) is 5.02 Å². The van der Waals surface area contributed by atoms with Crippen molar-refractivity contribution in [3.8, 4) is 11.5 Å². The summed E-state index contributed by atoms with van der Waals surface area (Å²) in [5.74, 6) is 1.13. The van der Waals surface area contributed by atoms with Gasteiger partial charge in [0.1, 0.15) is 11.6 Å². The summed E-state index contributed by atoms with van der Waals surface area (Å²) in [4.78, 5) is 15.9. The molecule has 0 fully saturated rings. The summed E-state index contributed by atoms with van der Waals surface area (Å²) < 4.78 is 48.8. The van der Waals surface area contributed by atoms with Crippen LogP contribution >= 0.6 is 23.4 Å². The molecule has 1 aliphatic heterocycles. The Morgan fingerprint density at radius 3 is 2.78 bits per heavy atom. The molecule has 3 rings (SSSR count). The Morgan fingerprint density at radius 1 is 1.33 bits per heavy atom. The van der Waals surface area contributed by atoms with Crippen LogP contribution in [0.5, 0.6) is 11.5 Å². The summed E-state index contributed by atoms with van der Waals surface area (Å²) >= 11 is 6.99. The molecule has 10 heteroatoms. The number of halogens is 4. The van der Waals surface area contributed by atoms with Crippen molar-refractivity contribution in [1.29, 1.82) is 0 Å². The minimum atomic E-state index is -4.49. The van der Waals surface area contributed by atoms with E-state index < -0.39 is 17.8 Å². The third kappa shape index (κ3) is 4.98. The first-order valence-electron chi connectivity index (χ1n) is 7.86. The second-order valence-corrected chi connectivity index (χ2v) is 7.00. The van der Waals surface area contributed by atoms with Crippen molar-refractivity contribution in [2.24, 2.45) is 0 Å². The number of carbonyl (C=O) groups is 1. The SMILES string of the molecule is O=C(NCCSc1ncc(C(F)(F)F)cc1Cl)C1COc2ccccc2O1. The highest BCUT2D eigenvalue weighted by Gasteiger charge is 2.31. The summed E-state index contributed by atoms with van der Waals surface area (Å²) in [5.41, 5.74) is -0.903. The second-order valence-electron chi connectivity index (χ2n) is 5.51. The van der Waals surface area contributed by atoms with Crippen LogP contribution in [0.3, 0.4) is 0 Å². The van der Waals surface area contributed by atoms with E-state index in [0.29, 0.717) is 17.3 Å². The molecule has 5 nitrogen and oxygen atoms in total. The van der Waals surface area contributed by atoms with Gasteiger partial charge >= 0.3 is 6.18 Å². The average Bonchev–Trinajstić information content (AvgIpc) is 2.64. The van der Waals surface area contributed by atoms with Gasteiger partial charge < -0.3 is 14.8 Å². The van der Waals surface area contributed by atoms with Gasteiger partial charge in [-0.05, 0) is 18.2 Å². The lowest BCUT2D eigenvalue weighted by Crippen LogP contribution is -2.44. The van der Waals surface area contributed by atoms with E-state index in [1.54, 1.807) is 24.3 Å². The van der Waals surface area contributed by atoms with E-state index in [1.807, 2.05) is 0 Å². The van der Waals surface area contributed by atoms with E-state index in [0.717, 1.165) is 24.0 Å². The molecule has 1 unspecified atom stereocenters. The average molecular weight is 419 g/mol. The fraction of sp³-hybridized carbons (Fsp3) is 0.294. The number of rotatable bonds is 5. The third-order valence-corrected chi connectivity index (χ3v) is 4.98. The molecule has 0 bridgehead atoms. The fourth-order valence-electron chi connectivity index (χ4n) is 2.27. The molecule has 1 atom stereocenters. The van der Waals surface area contributed by atoms with E-state index in [9.17, 15) is 18.0 Å². The minimum absolute atomic E-state index is 0.0817. The second kappa shape index (κ2) is 8.26. The quantitative estimate of drug-likeness (QED) is 0.591. The zero-order chi connectivity index (χ0) is 19.4. The summed E-state index contributed by atoms with van der Waals surface area (Å²) in [5, 5.41) is 2.88. The van der Waals surface area contributed by atoms with Gasteiger partial charge in [-0.15, -0.1) is 11.8 Å². The maximum atomic E-state index is 12.6. The molecule has 1 amide bonds. The monoisotopic (exact) mass is 418 g/mol. The number of aromatic nitrogens is 1. The van der Waals surface area contributed by atoms with E-state index in [4.69, 9.17) is 21.1 Å². The molecule has 1 N–H and O–H groups in total. The molecule has 0 saturated heterocycles. The largest absolute Gasteiger partial charge is 0.485 e. The van der Waals surface area contributed by atoms with Crippen molar-refractivity contribution in [2.45, 2.75) is 17.3 Å². The number of nitrogens with zero attached hydrogens (tertiary/aromatic N) is 1. The van der Waals surface area contributed by atoms with Gasteiger partial charge in [0.15, 0.2) is 11.5 Å². The van der Waals surface area contributed by atoms with Crippen molar-refractivity contribution in [2.75, 3.05) is 18.9 Å². The van der Waals surface area contributed by atoms with Crippen LogP contribution in [0.4, 0.5) is 13.2 Å². The highest BCUT2D eigenvalue weighted by Crippen LogP contribution is 2.33. The van der Waals surface area contributed by atoms with Crippen LogP contribution in [0.1, 0.15) is 5.56 Å². The predicted molar refractivity (Wildman–Crippen MR) is 94.3 cm³/mol. The molecule has 1 aliphatic rings. The molecule has 0 spiro atoms. The Kier molecular flexibility index (Phi) is 6.01. The number of nitrogens with one attached hydrogen (secondary N) is 1. The number of amides is 1. The van der Waals surface area contributed by atoms with Crippen LogP contribution in [0.15, 0.2) is 41.6 Å². The molecule has 0 radical (unpaired) electrons. The van der Waals surface area contributed by atoms with Gasteiger partial charge in [-0.2, -0.15) is 13.2 Å². The van der Waals surface area contributed by atoms with Crippen molar-refractivity contribution >= 4 is 29.3 Å². The van der Waals surface area contributed by atoms with Gasteiger partial charge in [-0.25, -0.2) is 4.98 Å². The predicted octanol–water partition coefficient (Wildman–Crippen LogP) is 3.80. The number of ether oxygens (including phenoxy) is 2. The van der Waals surface area contributed by atoms with Gasteiger partial charge in [0, 0.05) is 18.5 Å². The molecular formula is C17H14ClF3N2O3S. The molecule has 1 aromatic carbocycles. The van der Waals surface area contributed by atoms with E-state index in [2.05, 4.69) is 10.3 Å². The molecule has 2 aromatic rings. The number of fused-ring (bicyclic) bond motifs is 1. The Morgan fingerprint density at radius 2 is 2.07 bits per heavy atom. The molecular weight excluding hydrogens is 405 g/mol. The summed E-state index contributed by atoms with van der Waals surface area (Å²) in [7, 11) is 0. The zero-order valence-corrected chi connectivity index (χ0v) is 15.3. The Labute approximate surface area is 162 Å². The molecule has 2 heterocycles. The summed E-state index contributed by atoms with van der Waals surface area (Å²) in [6, 6.07) is 7.88. The number of alkyl halides is 3. The van der Waals surface area contributed by atoms with Crippen LogP contribution in [-0.2, 0) is 11.0 Å². The molecule has 0 saturated carbocycles. The number of thioether (sulfide) groups is 1. The smallest absolute Gasteiger partial charge is 0.417 e. The number of para-hydroxylation sites is 2. The lowest BCUT2D eigenvalue weighted by Gasteiger charge is -2.25. The summed E-state index contributed by atoms with van der Waals surface area (Å²) in [6.07, 6.45) is -4.52. The lowest BCUT2D eigenvalue weighted by atomic mass is 10.2. The van der Waals surface area contributed by atoms with E-state index in [1.165, 1.54) is 0 Å². The van der Waals surface area contributed by atoms with Crippen LogP contribution in [0.25, 0.3) is 0 Å². The van der Waals surface area contributed by atoms with E-state index >= 15 is 0 Å². The number of carbonyl (C=O) groups excluding carboxylic acids is 1. The van der Waals surface area contributed by atoms with Gasteiger partial charge in [0.2, 0.25) is 6.10 Å².